The maximum atomic E-state index is 12.0. The maximum Gasteiger partial charge on any atom is 0.372 e. The van der Waals surface area contributed by atoms with Crippen LogP contribution < -0.4 is 21.3 Å². The van der Waals surface area contributed by atoms with E-state index in [1.807, 2.05) is 4.98 Å². The van der Waals surface area contributed by atoms with Gasteiger partial charge in [0.15, 0.2) is 5.69 Å². The van der Waals surface area contributed by atoms with Gasteiger partial charge in [-0.25, -0.2) is 9.59 Å². The molecule has 0 aliphatic rings. The minimum absolute atomic E-state index is 0.172. The number of hydrogen-bond acceptors (Lipinski definition) is 6. The smallest absolute Gasteiger partial charge is 0.372 e. The van der Waals surface area contributed by atoms with Crippen molar-refractivity contribution in [2.24, 2.45) is 0 Å². The standard InChI is InChI=1S/C12H11N3O7/c1-21-8-6(14-12(20)15-10(8)17)9(16)13-4-5-2-3-22-7(5)11(18)19/h2-3H,4H2,1H3,(H,13,16)(H,18,19)(H2,14,15,17,20). The zero-order valence-corrected chi connectivity index (χ0v) is 11.3. The van der Waals surface area contributed by atoms with E-state index in [1.54, 1.807) is 0 Å². The minimum atomic E-state index is -1.28. The Bertz CT molecular complexity index is 830. The first-order valence-corrected chi connectivity index (χ1v) is 5.92. The Morgan fingerprint density at radius 3 is 2.73 bits per heavy atom. The molecule has 2 rings (SSSR count). The molecule has 0 saturated heterocycles. The lowest BCUT2D eigenvalue weighted by Gasteiger charge is -2.07. The Kier molecular flexibility index (Phi) is 4.11. The Morgan fingerprint density at radius 2 is 2.09 bits per heavy atom. The van der Waals surface area contributed by atoms with E-state index in [9.17, 15) is 19.2 Å². The van der Waals surface area contributed by atoms with E-state index < -0.39 is 23.1 Å². The molecule has 10 heteroatoms. The molecular weight excluding hydrogens is 298 g/mol. The quantitative estimate of drug-likeness (QED) is 0.568. The summed E-state index contributed by atoms with van der Waals surface area (Å²) in [6, 6.07) is 1.38. The number of rotatable bonds is 5. The van der Waals surface area contributed by atoms with Crippen LogP contribution in [0.5, 0.6) is 5.75 Å². The van der Waals surface area contributed by atoms with E-state index in [0.29, 0.717) is 0 Å². The zero-order chi connectivity index (χ0) is 16.3. The van der Waals surface area contributed by atoms with Crippen LogP contribution in [0.1, 0.15) is 26.6 Å². The van der Waals surface area contributed by atoms with Crippen LogP contribution in [0.4, 0.5) is 0 Å². The molecular formula is C12H11N3O7. The number of amides is 1. The summed E-state index contributed by atoms with van der Waals surface area (Å²) >= 11 is 0. The summed E-state index contributed by atoms with van der Waals surface area (Å²) in [5.74, 6) is -2.76. The monoisotopic (exact) mass is 309 g/mol. The largest absolute Gasteiger partial charge is 0.489 e. The summed E-state index contributed by atoms with van der Waals surface area (Å²) in [6.07, 6.45) is 1.17. The fraction of sp³-hybridized carbons (Fsp3) is 0.167. The van der Waals surface area contributed by atoms with Crippen LogP contribution in [0.25, 0.3) is 0 Å². The summed E-state index contributed by atoms with van der Waals surface area (Å²) in [6.45, 7) is -0.172. The predicted molar refractivity (Wildman–Crippen MR) is 71.1 cm³/mol. The van der Waals surface area contributed by atoms with Gasteiger partial charge < -0.3 is 19.6 Å². The van der Waals surface area contributed by atoms with Crippen LogP contribution >= 0.6 is 0 Å². The maximum absolute atomic E-state index is 12.0. The number of H-pyrrole nitrogens is 2. The Morgan fingerprint density at radius 1 is 1.36 bits per heavy atom. The Balaban J connectivity index is 2.23. The molecule has 2 heterocycles. The molecule has 0 fully saturated rings. The SMILES string of the molecule is COc1c(C(=O)NCc2ccoc2C(=O)O)[nH]c(=O)[nH]c1=O. The highest BCUT2D eigenvalue weighted by atomic mass is 16.5. The van der Waals surface area contributed by atoms with E-state index in [0.717, 1.165) is 7.11 Å². The highest BCUT2D eigenvalue weighted by Crippen LogP contribution is 2.11. The lowest BCUT2D eigenvalue weighted by Crippen LogP contribution is -2.32. The molecule has 0 aliphatic carbocycles. The van der Waals surface area contributed by atoms with Gasteiger partial charge in [0, 0.05) is 12.1 Å². The number of carboxylic acids is 1. The molecule has 0 atom stereocenters. The summed E-state index contributed by atoms with van der Waals surface area (Å²) in [4.78, 5) is 49.7. The van der Waals surface area contributed by atoms with E-state index in [-0.39, 0.29) is 29.3 Å². The molecule has 0 saturated carbocycles. The van der Waals surface area contributed by atoms with Crippen molar-refractivity contribution in [1.82, 2.24) is 15.3 Å². The van der Waals surface area contributed by atoms with Gasteiger partial charge in [-0.2, -0.15) is 0 Å². The fourth-order valence-corrected chi connectivity index (χ4v) is 1.76. The molecule has 0 radical (unpaired) electrons. The molecule has 2 aromatic heterocycles. The third kappa shape index (κ3) is 2.90. The number of hydrogen-bond donors (Lipinski definition) is 4. The molecule has 0 bridgehead atoms. The second-order valence-electron chi connectivity index (χ2n) is 4.08. The number of ether oxygens (including phenoxy) is 1. The number of carbonyl (C=O) groups is 2. The van der Waals surface area contributed by atoms with E-state index in [2.05, 4.69) is 10.3 Å². The van der Waals surface area contributed by atoms with Crippen LogP contribution in [0.3, 0.4) is 0 Å². The van der Waals surface area contributed by atoms with Gasteiger partial charge in [0.05, 0.1) is 13.4 Å². The number of aromatic amines is 2. The third-order valence-corrected chi connectivity index (χ3v) is 2.71. The summed E-state index contributed by atoms with van der Waals surface area (Å²) in [5.41, 5.74) is -1.86. The van der Waals surface area contributed by atoms with Crippen molar-refractivity contribution in [1.29, 1.82) is 0 Å². The van der Waals surface area contributed by atoms with Gasteiger partial charge in [0.2, 0.25) is 11.5 Å². The lowest BCUT2D eigenvalue weighted by atomic mass is 10.2. The predicted octanol–water partition coefficient (Wildman–Crippen LogP) is -0.707. The van der Waals surface area contributed by atoms with E-state index >= 15 is 0 Å². The molecule has 10 nitrogen and oxygen atoms in total. The van der Waals surface area contributed by atoms with Crippen LogP contribution in [0.2, 0.25) is 0 Å². The van der Waals surface area contributed by atoms with Crippen molar-refractivity contribution in [3.8, 4) is 5.75 Å². The number of methoxy groups -OCH3 is 1. The van der Waals surface area contributed by atoms with Gasteiger partial charge in [-0.1, -0.05) is 0 Å². The molecule has 1 amide bonds. The van der Waals surface area contributed by atoms with Crippen LogP contribution in [-0.4, -0.2) is 34.1 Å². The number of carbonyl (C=O) groups excluding carboxylic acids is 1. The van der Waals surface area contributed by atoms with E-state index in [4.69, 9.17) is 14.3 Å². The van der Waals surface area contributed by atoms with Crippen molar-refractivity contribution < 1.29 is 23.8 Å². The molecule has 4 N–H and O–H groups in total. The molecule has 0 unspecified atom stereocenters. The second-order valence-corrected chi connectivity index (χ2v) is 4.08. The van der Waals surface area contributed by atoms with Crippen LogP contribution in [0.15, 0.2) is 26.3 Å². The van der Waals surface area contributed by atoms with Crippen LogP contribution in [-0.2, 0) is 6.54 Å². The average molecular weight is 309 g/mol. The highest BCUT2D eigenvalue weighted by Gasteiger charge is 2.19. The van der Waals surface area contributed by atoms with Crippen LogP contribution in [0, 0.1) is 0 Å². The fourth-order valence-electron chi connectivity index (χ4n) is 1.76. The average Bonchev–Trinajstić information content (AvgIpc) is 2.92. The van der Waals surface area contributed by atoms with Crippen molar-refractivity contribution >= 4 is 11.9 Å². The second kappa shape index (κ2) is 5.99. The first kappa shape index (κ1) is 15.1. The molecule has 0 aromatic carbocycles. The third-order valence-electron chi connectivity index (χ3n) is 2.71. The summed E-state index contributed by atoms with van der Waals surface area (Å²) in [7, 11) is 1.16. The van der Waals surface area contributed by atoms with Crippen molar-refractivity contribution in [2.75, 3.05) is 7.11 Å². The first-order valence-electron chi connectivity index (χ1n) is 5.92. The van der Waals surface area contributed by atoms with Gasteiger partial charge in [0.1, 0.15) is 0 Å². The van der Waals surface area contributed by atoms with Crippen molar-refractivity contribution in [3.63, 3.8) is 0 Å². The van der Waals surface area contributed by atoms with E-state index in [1.165, 1.54) is 12.3 Å². The molecule has 2 aromatic rings. The number of aromatic nitrogens is 2. The van der Waals surface area contributed by atoms with Gasteiger partial charge in [-0.3, -0.25) is 19.6 Å². The van der Waals surface area contributed by atoms with Gasteiger partial charge in [0.25, 0.3) is 11.5 Å². The lowest BCUT2D eigenvalue weighted by molar-refractivity contribution is 0.0659. The van der Waals surface area contributed by atoms with Crippen molar-refractivity contribution in [3.05, 3.63) is 50.2 Å². The number of nitrogens with one attached hydrogen (secondary N) is 3. The molecule has 0 aliphatic heterocycles. The van der Waals surface area contributed by atoms with Gasteiger partial charge in [-0.15, -0.1) is 0 Å². The minimum Gasteiger partial charge on any atom is -0.489 e. The number of furan rings is 1. The number of carboxylic acid groups (broad SMARTS) is 1. The normalized spacial score (nSPS) is 10.2. The highest BCUT2D eigenvalue weighted by molar-refractivity contribution is 5.94. The molecule has 22 heavy (non-hydrogen) atoms. The van der Waals surface area contributed by atoms with Crippen molar-refractivity contribution in [2.45, 2.75) is 6.54 Å². The zero-order valence-electron chi connectivity index (χ0n) is 11.3. The Labute approximate surface area is 121 Å². The number of aromatic carboxylic acids is 1. The summed E-state index contributed by atoms with van der Waals surface area (Å²) < 4.78 is 9.52. The Hall–Kier alpha value is -3.30. The topological polar surface area (TPSA) is 154 Å². The summed E-state index contributed by atoms with van der Waals surface area (Å²) in [5, 5.41) is 11.2. The molecule has 0 spiro atoms. The van der Waals surface area contributed by atoms with Gasteiger partial charge >= 0.3 is 11.7 Å². The first-order chi connectivity index (χ1) is 10.4. The van der Waals surface area contributed by atoms with Gasteiger partial charge in [-0.05, 0) is 6.07 Å². The molecule has 116 valence electrons.